The first kappa shape index (κ1) is 20.8. The number of rotatable bonds is 4. The van der Waals surface area contributed by atoms with Crippen LogP contribution in [-0.2, 0) is 15.8 Å². The van der Waals surface area contributed by atoms with Crippen molar-refractivity contribution in [1.82, 2.24) is 0 Å². The van der Waals surface area contributed by atoms with E-state index in [1.807, 2.05) is 13.0 Å². The van der Waals surface area contributed by atoms with Gasteiger partial charge in [0.05, 0.1) is 11.3 Å². The van der Waals surface area contributed by atoms with E-state index in [9.17, 15) is 22.8 Å². The molecule has 0 heterocycles. The molecule has 8 heteroatoms. The van der Waals surface area contributed by atoms with Gasteiger partial charge >= 0.3 is 6.18 Å². The van der Waals surface area contributed by atoms with Crippen molar-refractivity contribution in [2.24, 2.45) is 0 Å². The minimum Gasteiger partial charge on any atom is -0.324 e. The lowest BCUT2D eigenvalue weighted by Crippen LogP contribution is -2.37. The van der Waals surface area contributed by atoms with Gasteiger partial charge < -0.3 is 10.2 Å². The van der Waals surface area contributed by atoms with Crippen LogP contribution in [0.5, 0.6) is 0 Å². The topological polar surface area (TPSA) is 49.4 Å². The second-order valence-corrected chi connectivity index (χ2v) is 6.50. The highest BCUT2D eigenvalue weighted by Crippen LogP contribution is 2.36. The number of hydrogen-bond acceptors (Lipinski definition) is 2. The highest BCUT2D eigenvalue weighted by Gasteiger charge is 2.34. The number of halogens is 4. The number of nitrogens with zero attached hydrogens (tertiary/aromatic N) is 1. The summed E-state index contributed by atoms with van der Waals surface area (Å²) in [5, 5.41) is 2.13. The zero-order chi connectivity index (χ0) is 20.4. The maximum Gasteiger partial charge on any atom is 0.418 e. The van der Waals surface area contributed by atoms with E-state index in [4.69, 9.17) is 11.6 Å². The number of benzene rings is 2. The number of alkyl halides is 3. The number of anilines is 2. The summed E-state index contributed by atoms with van der Waals surface area (Å²) in [6, 6.07) is 8.36. The zero-order valence-electron chi connectivity index (χ0n) is 14.9. The first-order valence-electron chi connectivity index (χ1n) is 8.01. The molecule has 27 heavy (non-hydrogen) atoms. The van der Waals surface area contributed by atoms with Crippen molar-refractivity contribution in [2.75, 3.05) is 16.8 Å². The van der Waals surface area contributed by atoms with Crippen molar-refractivity contribution in [3.05, 3.63) is 58.1 Å². The molecule has 2 rings (SSSR count). The minimum absolute atomic E-state index is 0.0962. The minimum atomic E-state index is -4.68. The number of carbonyl (C=O) groups excluding carboxylic acids is 2. The molecule has 0 aliphatic carbocycles. The molecule has 0 fully saturated rings. The monoisotopic (exact) mass is 398 g/mol. The molecule has 0 aliphatic heterocycles. The molecule has 0 aromatic heterocycles. The van der Waals surface area contributed by atoms with Crippen molar-refractivity contribution in [2.45, 2.75) is 26.9 Å². The van der Waals surface area contributed by atoms with Crippen LogP contribution < -0.4 is 10.2 Å². The van der Waals surface area contributed by atoms with E-state index in [1.165, 1.54) is 17.9 Å². The van der Waals surface area contributed by atoms with E-state index >= 15 is 0 Å². The fraction of sp³-hybridized carbons (Fsp3) is 0.263. The van der Waals surface area contributed by atoms with E-state index < -0.39 is 35.8 Å². The number of nitrogens with one attached hydrogen (secondary N) is 1. The van der Waals surface area contributed by atoms with Gasteiger partial charge in [0.1, 0.15) is 6.54 Å². The molecule has 0 saturated heterocycles. The summed E-state index contributed by atoms with van der Waals surface area (Å²) in [6.45, 7) is 4.54. The smallest absolute Gasteiger partial charge is 0.324 e. The number of hydrogen-bond donors (Lipinski definition) is 1. The average Bonchev–Trinajstić information content (AvgIpc) is 2.56. The largest absolute Gasteiger partial charge is 0.418 e. The summed E-state index contributed by atoms with van der Waals surface area (Å²) in [6.07, 6.45) is -4.68. The summed E-state index contributed by atoms with van der Waals surface area (Å²) < 4.78 is 39.5. The molecule has 0 bridgehead atoms. The standard InChI is InChI=1S/C19H18ClF3N2O2/c1-11-5-4-6-17(12(11)2)25(13(3)26)10-18(27)24-16-8-7-14(20)9-15(16)19(21,22)23/h4-9H,10H2,1-3H3,(H,24,27). The summed E-state index contributed by atoms with van der Waals surface area (Å²) >= 11 is 5.63. The molecule has 0 radical (unpaired) electrons. The Balaban J connectivity index is 2.28. The van der Waals surface area contributed by atoms with Gasteiger partial charge in [-0.25, -0.2) is 0 Å². The van der Waals surface area contributed by atoms with Crippen LogP contribution in [0.1, 0.15) is 23.6 Å². The fourth-order valence-corrected chi connectivity index (χ4v) is 2.76. The summed E-state index contributed by atoms with van der Waals surface area (Å²) in [7, 11) is 0. The second-order valence-electron chi connectivity index (χ2n) is 6.06. The second kappa shape index (κ2) is 8.00. The lowest BCUT2D eigenvalue weighted by molar-refractivity contribution is -0.137. The lowest BCUT2D eigenvalue weighted by Gasteiger charge is -2.24. The quantitative estimate of drug-likeness (QED) is 0.790. The van der Waals surface area contributed by atoms with Crippen LogP contribution in [0.25, 0.3) is 0 Å². The molecular formula is C19H18ClF3N2O2. The third-order valence-corrected chi connectivity index (χ3v) is 4.34. The third kappa shape index (κ3) is 5.01. The van der Waals surface area contributed by atoms with Gasteiger partial charge in [0, 0.05) is 17.6 Å². The van der Waals surface area contributed by atoms with E-state index in [0.717, 1.165) is 23.3 Å². The normalized spacial score (nSPS) is 11.2. The van der Waals surface area contributed by atoms with Crippen LogP contribution in [0.15, 0.2) is 36.4 Å². The fourth-order valence-electron chi connectivity index (χ4n) is 2.59. The Morgan fingerprint density at radius 2 is 1.81 bits per heavy atom. The SMILES string of the molecule is CC(=O)N(CC(=O)Nc1ccc(Cl)cc1C(F)(F)F)c1cccc(C)c1C. The Labute approximate surface area is 159 Å². The first-order valence-corrected chi connectivity index (χ1v) is 8.39. The number of amides is 2. The highest BCUT2D eigenvalue weighted by molar-refractivity contribution is 6.30. The third-order valence-electron chi connectivity index (χ3n) is 4.11. The van der Waals surface area contributed by atoms with Gasteiger partial charge in [-0.2, -0.15) is 13.2 Å². The van der Waals surface area contributed by atoms with Crippen molar-refractivity contribution in [1.29, 1.82) is 0 Å². The van der Waals surface area contributed by atoms with E-state index in [-0.39, 0.29) is 5.02 Å². The van der Waals surface area contributed by atoms with E-state index in [2.05, 4.69) is 5.32 Å². The maximum atomic E-state index is 13.2. The van der Waals surface area contributed by atoms with Gasteiger partial charge in [-0.1, -0.05) is 23.7 Å². The molecule has 0 unspecified atom stereocenters. The zero-order valence-corrected chi connectivity index (χ0v) is 15.7. The Hall–Kier alpha value is -2.54. The van der Waals surface area contributed by atoms with Gasteiger partial charge in [0.25, 0.3) is 0 Å². The Bertz CT molecular complexity index is 882. The molecule has 2 aromatic carbocycles. The summed E-state index contributed by atoms with van der Waals surface area (Å²) in [4.78, 5) is 25.6. The molecule has 4 nitrogen and oxygen atoms in total. The van der Waals surface area contributed by atoms with Gasteiger partial charge in [-0.15, -0.1) is 0 Å². The molecule has 0 aliphatic rings. The molecule has 2 aromatic rings. The van der Waals surface area contributed by atoms with Crippen molar-refractivity contribution >= 4 is 34.8 Å². The van der Waals surface area contributed by atoms with Gasteiger partial charge in [0.15, 0.2) is 0 Å². The van der Waals surface area contributed by atoms with Crippen molar-refractivity contribution in [3.8, 4) is 0 Å². The molecule has 2 amide bonds. The predicted octanol–water partition coefficient (Wildman–Crippen LogP) is 4.97. The number of aryl methyl sites for hydroxylation is 1. The van der Waals surface area contributed by atoms with Gasteiger partial charge in [-0.05, 0) is 49.2 Å². The molecule has 1 N–H and O–H groups in total. The van der Waals surface area contributed by atoms with Crippen LogP contribution in [-0.4, -0.2) is 18.4 Å². The van der Waals surface area contributed by atoms with Crippen molar-refractivity contribution in [3.63, 3.8) is 0 Å². The van der Waals surface area contributed by atoms with E-state index in [0.29, 0.717) is 5.69 Å². The van der Waals surface area contributed by atoms with Crippen LogP contribution in [0.4, 0.5) is 24.5 Å². The van der Waals surface area contributed by atoms with Gasteiger partial charge in [0.2, 0.25) is 11.8 Å². The van der Waals surface area contributed by atoms with Crippen LogP contribution in [0, 0.1) is 13.8 Å². The van der Waals surface area contributed by atoms with Crippen LogP contribution >= 0.6 is 11.6 Å². The first-order chi connectivity index (χ1) is 12.5. The summed E-state index contributed by atoms with van der Waals surface area (Å²) in [5.74, 6) is -1.15. The molecular weight excluding hydrogens is 381 g/mol. The van der Waals surface area contributed by atoms with Crippen LogP contribution in [0.2, 0.25) is 5.02 Å². The Morgan fingerprint density at radius 1 is 1.15 bits per heavy atom. The molecule has 0 atom stereocenters. The maximum absolute atomic E-state index is 13.2. The van der Waals surface area contributed by atoms with Crippen LogP contribution in [0.3, 0.4) is 0 Å². The highest BCUT2D eigenvalue weighted by atomic mass is 35.5. The van der Waals surface area contributed by atoms with Crippen molar-refractivity contribution < 1.29 is 22.8 Å². The Morgan fingerprint density at radius 3 is 2.41 bits per heavy atom. The van der Waals surface area contributed by atoms with Gasteiger partial charge in [-0.3, -0.25) is 9.59 Å². The Kier molecular flexibility index (Phi) is 6.15. The number of carbonyl (C=O) groups is 2. The molecule has 0 spiro atoms. The molecule has 0 saturated carbocycles. The summed E-state index contributed by atoms with van der Waals surface area (Å²) in [5.41, 5.74) is 0.801. The lowest BCUT2D eigenvalue weighted by atomic mass is 10.1. The molecule has 144 valence electrons. The predicted molar refractivity (Wildman–Crippen MR) is 99.0 cm³/mol. The van der Waals surface area contributed by atoms with E-state index in [1.54, 1.807) is 19.1 Å². The average molecular weight is 399 g/mol.